The molecule has 0 aromatic heterocycles. The molecule has 0 aliphatic carbocycles. The summed E-state index contributed by atoms with van der Waals surface area (Å²) in [5, 5.41) is 2.78. The highest BCUT2D eigenvalue weighted by Crippen LogP contribution is 2.24. The van der Waals surface area contributed by atoms with Gasteiger partial charge in [-0.3, -0.25) is 14.5 Å². The van der Waals surface area contributed by atoms with Crippen LogP contribution in [-0.4, -0.2) is 62.2 Å². The van der Waals surface area contributed by atoms with E-state index in [1.54, 1.807) is 32.9 Å². The zero-order valence-electron chi connectivity index (χ0n) is 16.8. The Kier molecular flexibility index (Phi) is 7.56. The summed E-state index contributed by atoms with van der Waals surface area (Å²) in [6.45, 7) is 7.56. The predicted molar refractivity (Wildman–Crippen MR) is 108 cm³/mol. The largest absolute Gasteiger partial charge is 0.369 e. The van der Waals surface area contributed by atoms with Gasteiger partial charge in [-0.1, -0.05) is 19.9 Å². The molecule has 0 radical (unpaired) electrons. The minimum Gasteiger partial charge on any atom is -0.369 e. The number of aryl methyl sites for hydroxylation is 1. The SMILES string of the molecule is CCN(CC)S(=O)(=O)c1cc(NC(=O)CN2CCC(C(N)=O)CC2)ccc1C. The highest BCUT2D eigenvalue weighted by molar-refractivity contribution is 7.89. The summed E-state index contributed by atoms with van der Waals surface area (Å²) in [5.74, 6) is -0.623. The standard InChI is InChI=1S/C19H30N4O4S/c1-4-23(5-2)28(26,27)17-12-16(7-6-14(17)3)21-18(24)13-22-10-8-15(9-11-22)19(20)25/h6-7,12,15H,4-5,8-11,13H2,1-3H3,(H2,20,25)(H,21,24). The molecule has 1 saturated heterocycles. The van der Waals surface area contributed by atoms with Crippen molar-refractivity contribution in [2.24, 2.45) is 11.7 Å². The number of benzene rings is 1. The van der Waals surface area contributed by atoms with E-state index in [0.717, 1.165) is 0 Å². The van der Waals surface area contributed by atoms with Gasteiger partial charge in [-0.2, -0.15) is 4.31 Å². The van der Waals surface area contributed by atoms with Crippen molar-refractivity contribution < 1.29 is 18.0 Å². The van der Waals surface area contributed by atoms with Crippen LogP contribution in [0.1, 0.15) is 32.3 Å². The first-order valence-electron chi connectivity index (χ1n) is 9.61. The lowest BCUT2D eigenvalue weighted by Gasteiger charge is -2.29. The molecular weight excluding hydrogens is 380 g/mol. The molecule has 2 rings (SSSR count). The van der Waals surface area contributed by atoms with Crippen molar-refractivity contribution in [3.05, 3.63) is 23.8 Å². The van der Waals surface area contributed by atoms with Crippen LogP contribution in [0.4, 0.5) is 5.69 Å². The summed E-state index contributed by atoms with van der Waals surface area (Å²) >= 11 is 0. The zero-order valence-corrected chi connectivity index (χ0v) is 17.6. The molecule has 0 bridgehead atoms. The first-order valence-corrected chi connectivity index (χ1v) is 11.0. The fourth-order valence-electron chi connectivity index (χ4n) is 3.44. The van der Waals surface area contributed by atoms with Gasteiger partial charge in [-0.25, -0.2) is 8.42 Å². The Hall–Kier alpha value is -1.97. The number of hydrogen-bond acceptors (Lipinski definition) is 5. The monoisotopic (exact) mass is 410 g/mol. The fourth-order valence-corrected chi connectivity index (χ4v) is 5.15. The summed E-state index contributed by atoms with van der Waals surface area (Å²) in [6.07, 6.45) is 1.30. The van der Waals surface area contributed by atoms with Crippen LogP contribution in [0.15, 0.2) is 23.1 Å². The molecule has 8 nitrogen and oxygen atoms in total. The highest BCUT2D eigenvalue weighted by Gasteiger charge is 2.26. The minimum absolute atomic E-state index is 0.121. The van der Waals surface area contributed by atoms with Crippen LogP contribution < -0.4 is 11.1 Å². The summed E-state index contributed by atoms with van der Waals surface area (Å²) in [7, 11) is -3.60. The van der Waals surface area contributed by atoms with Crippen molar-refractivity contribution in [2.45, 2.75) is 38.5 Å². The van der Waals surface area contributed by atoms with Gasteiger partial charge in [-0.05, 0) is 50.6 Å². The Morgan fingerprint density at radius 3 is 2.36 bits per heavy atom. The van der Waals surface area contributed by atoms with Gasteiger partial charge < -0.3 is 11.1 Å². The molecular formula is C19H30N4O4S. The topological polar surface area (TPSA) is 113 Å². The second-order valence-corrected chi connectivity index (χ2v) is 8.98. The molecule has 2 amide bonds. The third-order valence-corrected chi connectivity index (χ3v) is 7.34. The third kappa shape index (κ3) is 5.30. The number of nitrogens with zero attached hydrogens (tertiary/aromatic N) is 2. The fraction of sp³-hybridized carbons (Fsp3) is 0.579. The van der Waals surface area contributed by atoms with Gasteiger partial charge in [-0.15, -0.1) is 0 Å². The summed E-state index contributed by atoms with van der Waals surface area (Å²) in [4.78, 5) is 25.8. The zero-order chi connectivity index (χ0) is 20.9. The van der Waals surface area contributed by atoms with Crippen molar-refractivity contribution >= 4 is 27.5 Å². The van der Waals surface area contributed by atoms with Crippen molar-refractivity contribution in [3.8, 4) is 0 Å². The third-order valence-electron chi connectivity index (χ3n) is 5.15. The molecule has 156 valence electrons. The van der Waals surface area contributed by atoms with Gasteiger partial charge in [0.1, 0.15) is 0 Å². The first kappa shape index (κ1) is 22.3. The molecule has 1 aromatic rings. The number of piperidine rings is 1. The van der Waals surface area contributed by atoms with E-state index in [1.165, 1.54) is 10.4 Å². The van der Waals surface area contributed by atoms with Crippen molar-refractivity contribution in [1.82, 2.24) is 9.21 Å². The lowest BCUT2D eigenvalue weighted by atomic mass is 9.96. The van der Waals surface area contributed by atoms with Gasteiger partial charge in [0.05, 0.1) is 11.4 Å². The minimum atomic E-state index is -3.60. The van der Waals surface area contributed by atoms with Crippen LogP contribution >= 0.6 is 0 Å². The van der Waals surface area contributed by atoms with Crippen LogP contribution in [0.5, 0.6) is 0 Å². The van der Waals surface area contributed by atoms with E-state index in [2.05, 4.69) is 5.32 Å². The van der Waals surface area contributed by atoms with Crippen LogP contribution in [0.25, 0.3) is 0 Å². The molecule has 3 N–H and O–H groups in total. The predicted octanol–water partition coefficient (Wildman–Crippen LogP) is 1.16. The van der Waals surface area contributed by atoms with E-state index >= 15 is 0 Å². The van der Waals surface area contributed by atoms with Gasteiger partial charge in [0.25, 0.3) is 0 Å². The van der Waals surface area contributed by atoms with Crippen LogP contribution in [0.2, 0.25) is 0 Å². The molecule has 1 aliphatic heterocycles. The maximum absolute atomic E-state index is 12.8. The van der Waals surface area contributed by atoms with E-state index < -0.39 is 10.0 Å². The molecule has 9 heteroatoms. The maximum Gasteiger partial charge on any atom is 0.243 e. The number of primary amides is 1. The maximum atomic E-state index is 12.8. The number of anilines is 1. The Balaban J connectivity index is 2.05. The summed E-state index contributed by atoms with van der Waals surface area (Å²) < 4.78 is 27.0. The second kappa shape index (κ2) is 9.49. The molecule has 0 spiro atoms. The Labute approximate surface area is 167 Å². The number of hydrogen-bond donors (Lipinski definition) is 2. The quantitative estimate of drug-likeness (QED) is 0.668. The first-order chi connectivity index (χ1) is 13.2. The van der Waals surface area contributed by atoms with Crippen LogP contribution in [-0.2, 0) is 19.6 Å². The number of nitrogens with one attached hydrogen (secondary N) is 1. The molecule has 1 heterocycles. The van der Waals surface area contributed by atoms with E-state index in [4.69, 9.17) is 5.73 Å². The molecule has 1 aromatic carbocycles. The van der Waals surface area contributed by atoms with Gasteiger partial charge >= 0.3 is 0 Å². The Morgan fingerprint density at radius 1 is 1.21 bits per heavy atom. The molecule has 0 saturated carbocycles. The summed E-state index contributed by atoms with van der Waals surface area (Å²) in [5.41, 5.74) is 6.42. The van der Waals surface area contributed by atoms with Crippen molar-refractivity contribution in [2.75, 3.05) is 38.0 Å². The molecule has 28 heavy (non-hydrogen) atoms. The number of carbonyl (C=O) groups is 2. The summed E-state index contributed by atoms with van der Waals surface area (Å²) in [6, 6.07) is 4.92. The Bertz CT molecular complexity index is 813. The second-order valence-electron chi connectivity index (χ2n) is 7.07. The van der Waals surface area contributed by atoms with E-state index in [-0.39, 0.29) is 29.2 Å². The smallest absolute Gasteiger partial charge is 0.243 e. The number of nitrogens with two attached hydrogens (primary N) is 1. The van der Waals surface area contributed by atoms with E-state index in [1.807, 2.05) is 4.90 Å². The van der Waals surface area contributed by atoms with Crippen molar-refractivity contribution in [1.29, 1.82) is 0 Å². The van der Waals surface area contributed by atoms with E-state index in [9.17, 15) is 18.0 Å². The normalized spacial score (nSPS) is 16.3. The molecule has 0 atom stereocenters. The Morgan fingerprint density at radius 2 is 1.82 bits per heavy atom. The average molecular weight is 411 g/mol. The molecule has 1 aliphatic rings. The number of carbonyl (C=O) groups excluding carboxylic acids is 2. The van der Waals surface area contributed by atoms with E-state index in [0.29, 0.717) is 50.3 Å². The lowest BCUT2D eigenvalue weighted by Crippen LogP contribution is -2.42. The van der Waals surface area contributed by atoms with Crippen molar-refractivity contribution in [3.63, 3.8) is 0 Å². The van der Waals surface area contributed by atoms with Gasteiger partial charge in [0.2, 0.25) is 21.8 Å². The van der Waals surface area contributed by atoms with Crippen LogP contribution in [0, 0.1) is 12.8 Å². The van der Waals surface area contributed by atoms with Crippen LogP contribution in [0.3, 0.4) is 0 Å². The average Bonchev–Trinajstić information content (AvgIpc) is 2.64. The highest BCUT2D eigenvalue weighted by atomic mass is 32.2. The lowest BCUT2D eigenvalue weighted by molar-refractivity contribution is -0.123. The van der Waals surface area contributed by atoms with Gasteiger partial charge in [0.15, 0.2) is 0 Å². The molecule has 1 fully saturated rings. The van der Waals surface area contributed by atoms with Gasteiger partial charge in [0, 0.05) is 24.7 Å². The number of amides is 2. The number of likely N-dealkylation sites (tertiary alicyclic amines) is 1. The number of rotatable bonds is 8. The molecule has 0 unspecified atom stereocenters. The number of sulfonamides is 1.